The van der Waals surface area contributed by atoms with Crippen LogP contribution in [0.5, 0.6) is 0 Å². The van der Waals surface area contributed by atoms with Gasteiger partial charge in [0.05, 0.1) is 11.5 Å². The molecule has 0 spiro atoms. The molecule has 0 saturated heterocycles. The molecule has 142 valence electrons. The van der Waals surface area contributed by atoms with Gasteiger partial charge in [0.2, 0.25) is 0 Å². The first-order chi connectivity index (χ1) is 12.5. The summed E-state index contributed by atoms with van der Waals surface area (Å²) in [4.78, 5) is 5.52. The number of hydrogen-bond donors (Lipinski definition) is 2. The summed E-state index contributed by atoms with van der Waals surface area (Å²) < 4.78 is 24.4. The van der Waals surface area contributed by atoms with Gasteiger partial charge in [-0.15, -0.1) is 11.3 Å². The minimum Gasteiger partial charge on any atom is -0.356 e. The van der Waals surface area contributed by atoms with Gasteiger partial charge >= 0.3 is 0 Å². The average molecular weight is 394 g/mol. The summed E-state index contributed by atoms with van der Waals surface area (Å²) in [5, 5.41) is 8.55. The van der Waals surface area contributed by atoms with Crippen LogP contribution in [0.4, 0.5) is 0 Å². The number of guanidine groups is 1. The van der Waals surface area contributed by atoms with E-state index in [9.17, 15) is 8.42 Å². The summed E-state index contributed by atoms with van der Waals surface area (Å²) in [6.45, 7) is 3.52. The van der Waals surface area contributed by atoms with Crippen molar-refractivity contribution >= 4 is 27.1 Å². The third kappa shape index (κ3) is 7.17. The molecule has 0 fully saturated rings. The molecule has 2 rings (SSSR count). The Kier molecular flexibility index (Phi) is 8.12. The third-order valence-electron chi connectivity index (χ3n) is 3.98. The van der Waals surface area contributed by atoms with Gasteiger partial charge in [0.15, 0.2) is 15.8 Å². The van der Waals surface area contributed by atoms with Crippen LogP contribution in [0.1, 0.15) is 29.7 Å². The fourth-order valence-electron chi connectivity index (χ4n) is 2.54. The van der Waals surface area contributed by atoms with Crippen molar-refractivity contribution in [2.45, 2.75) is 25.0 Å². The first-order valence-electron chi connectivity index (χ1n) is 8.72. The maximum absolute atomic E-state index is 12.2. The Hall–Kier alpha value is -1.86. The van der Waals surface area contributed by atoms with Crippen molar-refractivity contribution in [3.8, 4) is 0 Å². The Labute approximate surface area is 160 Å². The number of thiophene rings is 1. The minimum atomic E-state index is -3.09. The lowest BCUT2D eigenvalue weighted by atomic mass is 10.1. The molecule has 1 heterocycles. The normalized spacial score (nSPS) is 13.4. The van der Waals surface area contributed by atoms with Crippen molar-refractivity contribution in [2.24, 2.45) is 4.99 Å². The van der Waals surface area contributed by atoms with Crippen molar-refractivity contribution in [1.29, 1.82) is 0 Å². The highest BCUT2D eigenvalue weighted by molar-refractivity contribution is 7.90. The highest BCUT2D eigenvalue weighted by atomic mass is 32.2. The summed E-state index contributed by atoms with van der Waals surface area (Å²) in [6, 6.07) is 13.5. The van der Waals surface area contributed by atoms with E-state index in [1.807, 2.05) is 30.3 Å². The van der Waals surface area contributed by atoms with Gasteiger partial charge in [-0.05, 0) is 23.4 Å². The molecule has 0 aliphatic heterocycles. The molecule has 1 aromatic heterocycles. The second-order valence-corrected chi connectivity index (χ2v) is 9.39. The Bertz CT molecular complexity index is 772. The molecule has 0 radical (unpaired) electrons. The molecular formula is C19H27N3O2S2. The molecule has 0 saturated carbocycles. The van der Waals surface area contributed by atoms with Gasteiger partial charge in [-0.3, -0.25) is 4.99 Å². The first-order valence-corrected chi connectivity index (χ1v) is 11.4. The van der Waals surface area contributed by atoms with E-state index in [0.717, 1.165) is 12.1 Å². The predicted molar refractivity (Wildman–Crippen MR) is 111 cm³/mol. The first kappa shape index (κ1) is 20.5. The number of rotatable bonds is 9. The van der Waals surface area contributed by atoms with E-state index >= 15 is 0 Å². The molecule has 1 atom stereocenters. The SMILES string of the molecule is CN=C(NCCCS(=O)(=O)Cc1ccccc1)NCC(C)c1cccs1. The van der Waals surface area contributed by atoms with Crippen LogP contribution in [0.15, 0.2) is 52.8 Å². The molecule has 0 aliphatic rings. The van der Waals surface area contributed by atoms with Gasteiger partial charge in [-0.2, -0.15) is 0 Å². The molecule has 1 unspecified atom stereocenters. The van der Waals surface area contributed by atoms with E-state index in [2.05, 4.69) is 40.1 Å². The second-order valence-electron chi connectivity index (χ2n) is 6.23. The van der Waals surface area contributed by atoms with Gasteiger partial charge in [-0.25, -0.2) is 8.42 Å². The summed E-state index contributed by atoms with van der Waals surface area (Å²) in [6.07, 6.45) is 0.552. The largest absolute Gasteiger partial charge is 0.356 e. The molecule has 26 heavy (non-hydrogen) atoms. The number of sulfone groups is 1. The van der Waals surface area contributed by atoms with Crippen LogP contribution in [0.25, 0.3) is 0 Å². The van der Waals surface area contributed by atoms with E-state index < -0.39 is 9.84 Å². The fourth-order valence-corrected chi connectivity index (χ4v) is 4.76. The number of aliphatic imine (C=N–C) groups is 1. The van der Waals surface area contributed by atoms with Crippen molar-refractivity contribution in [2.75, 3.05) is 25.9 Å². The lowest BCUT2D eigenvalue weighted by molar-refractivity contribution is 0.591. The fraction of sp³-hybridized carbons (Fsp3) is 0.421. The molecular weight excluding hydrogens is 366 g/mol. The van der Waals surface area contributed by atoms with Gasteiger partial charge < -0.3 is 10.6 Å². The maximum atomic E-state index is 12.2. The van der Waals surface area contributed by atoms with Gasteiger partial charge in [0, 0.05) is 30.9 Å². The van der Waals surface area contributed by atoms with E-state index in [1.54, 1.807) is 18.4 Å². The molecule has 5 nitrogen and oxygen atoms in total. The minimum absolute atomic E-state index is 0.0964. The van der Waals surface area contributed by atoms with E-state index in [-0.39, 0.29) is 11.5 Å². The van der Waals surface area contributed by atoms with Crippen LogP contribution in [-0.2, 0) is 15.6 Å². The lowest BCUT2D eigenvalue weighted by Gasteiger charge is -2.15. The van der Waals surface area contributed by atoms with Crippen molar-refractivity contribution in [3.63, 3.8) is 0 Å². The van der Waals surface area contributed by atoms with Crippen LogP contribution in [0.3, 0.4) is 0 Å². The monoisotopic (exact) mass is 393 g/mol. The zero-order chi connectivity index (χ0) is 18.8. The smallest absolute Gasteiger partial charge is 0.190 e. The van der Waals surface area contributed by atoms with Crippen molar-refractivity contribution in [1.82, 2.24) is 10.6 Å². The summed E-state index contributed by atoms with van der Waals surface area (Å²) >= 11 is 1.75. The number of nitrogens with zero attached hydrogens (tertiary/aromatic N) is 1. The van der Waals surface area contributed by atoms with Crippen LogP contribution in [0.2, 0.25) is 0 Å². The molecule has 7 heteroatoms. The molecule has 0 bridgehead atoms. The standard InChI is InChI=1S/C19H27N3O2S2/c1-16(18-10-6-12-25-18)14-22-19(20-2)21-11-7-13-26(23,24)15-17-8-4-3-5-9-17/h3-6,8-10,12,16H,7,11,13-15H2,1-2H3,(H2,20,21,22). The van der Waals surface area contributed by atoms with Crippen molar-refractivity contribution in [3.05, 3.63) is 58.3 Å². The Morgan fingerprint density at radius 1 is 1.15 bits per heavy atom. The quantitative estimate of drug-likeness (QED) is 0.390. The highest BCUT2D eigenvalue weighted by Crippen LogP contribution is 2.19. The summed E-state index contributed by atoms with van der Waals surface area (Å²) in [5.74, 6) is 1.37. The molecule has 0 aliphatic carbocycles. The maximum Gasteiger partial charge on any atom is 0.190 e. The topological polar surface area (TPSA) is 70.6 Å². The number of nitrogens with one attached hydrogen (secondary N) is 2. The van der Waals surface area contributed by atoms with Gasteiger partial charge in [-0.1, -0.05) is 43.3 Å². The van der Waals surface area contributed by atoms with Crippen LogP contribution < -0.4 is 10.6 Å². The molecule has 2 N–H and O–H groups in total. The zero-order valence-electron chi connectivity index (χ0n) is 15.3. The number of hydrogen-bond acceptors (Lipinski definition) is 4. The molecule has 0 amide bonds. The van der Waals surface area contributed by atoms with E-state index in [0.29, 0.717) is 24.8 Å². The third-order valence-corrected chi connectivity index (χ3v) is 6.77. The Morgan fingerprint density at radius 2 is 1.92 bits per heavy atom. The van der Waals surface area contributed by atoms with Crippen molar-refractivity contribution < 1.29 is 8.42 Å². The highest BCUT2D eigenvalue weighted by Gasteiger charge is 2.12. The van der Waals surface area contributed by atoms with Gasteiger partial charge in [0.1, 0.15) is 0 Å². The second kappa shape index (κ2) is 10.3. The summed E-state index contributed by atoms with van der Waals surface area (Å²) in [5.41, 5.74) is 0.834. The average Bonchev–Trinajstić information content (AvgIpc) is 3.16. The zero-order valence-corrected chi connectivity index (χ0v) is 16.9. The lowest BCUT2D eigenvalue weighted by Crippen LogP contribution is -2.39. The Balaban J connectivity index is 1.68. The van der Waals surface area contributed by atoms with E-state index in [1.165, 1.54) is 4.88 Å². The van der Waals surface area contributed by atoms with Crippen LogP contribution in [-0.4, -0.2) is 40.3 Å². The van der Waals surface area contributed by atoms with Gasteiger partial charge in [0.25, 0.3) is 0 Å². The van der Waals surface area contributed by atoms with Crippen LogP contribution in [0, 0.1) is 0 Å². The predicted octanol–water partition coefficient (Wildman–Crippen LogP) is 3.02. The molecule has 1 aromatic carbocycles. The van der Waals surface area contributed by atoms with E-state index in [4.69, 9.17) is 0 Å². The Morgan fingerprint density at radius 3 is 2.58 bits per heavy atom. The van der Waals surface area contributed by atoms with Crippen LogP contribution >= 0.6 is 11.3 Å². The molecule has 2 aromatic rings. The summed E-state index contributed by atoms with van der Waals surface area (Å²) in [7, 11) is -1.37. The number of benzene rings is 1.